The molecular formula is C19H30N2O4. The van der Waals surface area contributed by atoms with Crippen molar-refractivity contribution in [1.29, 1.82) is 0 Å². The maximum Gasteiger partial charge on any atom is 0.248 e. The molecule has 2 heterocycles. The highest BCUT2D eigenvalue weighted by Gasteiger charge is 2.47. The standard InChI is InChI=1S/C19H30N2O4/c1-15-6-7-17(25-15)11-21-9-10-24-19(14-21)8-4-5-16(19)12-23-13-18(22)20(2)3/h6-7,16H,4-5,8-14H2,1-3H3/t16-,19+/m0/s1. The minimum atomic E-state index is -0.138. The Morgan fingerprint density at radius 3 is 3.00 bits per heavy atom. The van der Waals surface area contributed by atoms with Crippen molar-refractivity contribution >= 4 is 5.91 Å². The van der Waals surface area contributed by atoms with Crippen LogP contribution in [0.2, 0.25) is 0 Å². The van der Waals surface area contributed by atoms with E-state index >= 15 is 0 Å². The maximum atomic E-state index is 11.7. The van der Waals surface area contributed by atoms with Crippen molar-refractivity contribution in [3.8, 4) is 0 Å². The lowest BCUT2D eigenvalue weighted by Crippen LogP contribution is -2.54. The molecule has 1 saturated heterocycles. The molecule has 2 aliphatic rings. The van der Waals surface area contributed by atoms with Crippen LogP contribution in [0.4, 0.5) is 0 Å². The van der Waals surface area contributed by atoms with Crippen LogP contribution >= 0.6 is 0 Å². The van der Waals surface area contributed by atoms with Crippen molar-refractivity contribution < 1.29 is 18.7 Å². The Morgan fingerprint density at radius 1 is 1.44 bits per heavy atom. The van der Waals surface area contributed by atoms with Crippen molar-refractivity contribution in [2.24, 2.45) is 5.92 Å². The second-order valence-electron chi connectivity index (χ2n) is 7.53. The van der Waals surface area contributed by atoms with Gasteiger partial charge in [-0.3, -0.25) is 9.69 Å². The third-order valence-electron chi connectivity index (χ3n) is 5.40. The molecule has 0 radical (unpaired) electrons. The van der Waals surface area contributed by atoms with Gasteiger partial charge in [0.2, 0.25) is 5.91 Å². The molecule has 3 rings (SSSR count). The summed E-state index contributed by atoms with van der Waals surface area (Å²) >= 11 is 0. The lowest BCUT2D eigenvalue weighted by atomic mass is 9.89. The maximum absolute atomic E-state index is 11.7. The van der Waals surface area contributed by atoms with E-state index in [1.807, 2.05) is 13.0 Å². The molecule has 1 aromatic rings. The highest BCUT2D eigenvalue weighted by Crippen LogP contribution is 2.41. The molecule has 0 unspecified atom stereocenters. The number of rotatable bonds is 6. The Morgan fingerprint density at radius 2 is 2.28 bits per heavy atom. The van der Waals surface area contributed by atoms with Gasteiger partial charge in [-0.05, 0) is 31.9 Å². The highest BCUT2D eigenvalue weighted by molar-refractivity contribution is 5.76. The van der Waals surface area contributed by atoms with Gasteiger partial charge in [0.15, 0.2) is 0 Å². The Hall–Kier alpha value is -1.37. The Bertz CT molecular complexity index is 586. The summed E-state index contributed by atoms with van der Waals surface area (Å²) in [7, 11) is 3.50. The first-order valence-electron chi connectivity index (χ1n) is 9.18. The number of carbonyl (C=O) groups excluding carboxylic acids is 1. The number of amides is 1. The van der Waals surface area contributed by atoms with Crippen LogP contribution in [-0.4, -0.2) is 68.3 Å². The van der Waals surface area contributed by atoms with Gasteiger partial charge in [0.05, 0.1) is 25.4 Å². The van der Waals surface area contributed by atoms with Gasteiger partial charge in [-0.2, -0.15) is 0 Å². The zero-order valence-electron chi connectivity index (χ0n) is 15.6. The second-order valence-corrected chi connectivity index (χ2v) is 7.53. The topological polar surface area (TPSA) is 55.2 Å². The van der Waals surface area contributed by atoms with Crippen LogP contribution in [0.15, 0.2) is 16.5 Å². The van der Waals surface area contributed by atoms with Crippen LogP contribution in [0.25, 0.3) is 0 Å². The van der Waals surface area contributed by atoms with Crippen molar-refractivity contribution in [2.75, 3.05) is 47.0 Å². The Balaban J connectivity index is 1.56. The lowest BCUT2D eigenvalue weighted by Gasteiger charge is -2.43. The summed E-state index contributed by atoms with van der Waals surface area (Å²) in [5.74, 6) is 2.32. The summed E-state index contributed by atoms with van der Waals surface area (Å²) in [6.07, 6.45) is 3.32. The molecule has 2 atom stereocenters. The van der Waals surface area contributed by atoms with Crippen LogP contribution in [0.3, 0.4) is 0 Å². The molecule has 1 amide bonds. The summed E-state index contributed by atoms with van der Waals surface area (Å²) in [4.78, 5) is 15.7. The van der Waals surface area contributed by atoms with E-state index in [0.717, 1.165) is 57.0 Å². The fourth-order valence-corrected chi connectivity index (χ4v) is 3.97. The first kappa shape index (κ1) is 18.4. The molecule has 0 aromatic carbocycles. The van der Waals surface area contributed by atoms with Crippen molar-refractivity contribution in [3.63, 3.8) is 0 Å². The van der Waals surface area contributed by atoms with Gasteiger partial charge in [-0.1, -0.05) is 6.42 Å². The van der Waals surface area contributed by atoms with E-state index in [-0.39, 0.29) is 18.1 Å². The third-order valence-corrected chi connectivity index (χ3v) is 5.40. The fraction of sp³-hybridized carbons (Fsp3) is 0.737. The average Bonchev–Trinajstić information content (AvgIpc) is 3.14. The molecule has 1 aromatic heterocycles. The van der Waals surface area contributed by atoms with E-state index in [0.29, 0.717) is 12.5 Å². The minimum Gasteiger partial charge on any atom is -0.465 e. The van der Waals surface area contributed by atoms with E-state index in [1.54, 1.807) is 19.0 Å². The molecule has 1 aliphatic heterocycles. The highest BCUT2D eigenvalue weighted by atomic mass is 16.5. The average molecular weight is 350 g/mol. The number of morpholine rings is 1. The number of hydrogen-bond donors (Lipinski definition) is 0. The SMILES string of the molecule is Cc1ccc(CN2CCO[C@]3(CCC[C@H]3COCC(=O)N(C)C)C2)o1. The molecule has 140 valence electrons. The van der Waals surface area contributed by atoms with Crippen molar-refractivity contribution in [2.45, 2.75) is 38.3 Å². The lowest BCUT2D eigenvalue weighted by molar-refractivity contribution is -0.149. The predicted molar refractivity (Wildman–Crippen MR) is 94.3 cm³/mol. The molecule has 1 spiro atoms. The summed E-state index contributed by atoms with van der Waals surface area (Å²) in [6, 6.07) is 4.07. The zero-order chi connectivity index (χ0) is 17.9. The van der Waals surface area contributed by atoms with Crippen LogP contribution in [0.1, 0.15) is 30.8 Å². The van der Waals surface area contributed by atoms with Crippen LogP contribution in [0, 0.1) is 12.8 Å². The first-order chi connectivity index (χ1) is 12.0. The van der Waals surface area contributed by atoms with E-state index in [4.69, 9.17) is 13.9 Å². The summed E-state index contributed by atoms with van der Waals surface area (Å²) in [6.45, 7) is 6.11. The molecule has 6 nitrogen and oxygen atoms in total. The first-order valence-corrected chi connectivity index (χ1v) is 9.18. The monoisotopic (exact) mass is 350 g/mol. The molecule has 25 heavy (non-hydrogen) atoms. The van der Waals surface area contributed by atoms with E-state index < -0.39 is 0 Å². The molecule has 2 fully saturated rings. The number of carbonyl (C=O) groups is 1. The van der Waals surface area contributed by atoms with Gasteiger partial charge in [0, 0.05) is 33.1 Å². The van der Waals surface area contributed by atoms with Gasteiger partial charge in [0.1, 0.15) is 18.1 Å². The normalized spacial score (nSPS) is 27.1. The molecule has 0 bridgehead atoms. The largest absolute Gasteiger partial charge is 0.465 e. The van der Waals surface area contributed by atoms with E-state index in [9.17, 15) is 4.79 Å². The molecular weight excluding hydrogens is 320 g/mol. The number of furan rings is 1. The molecule has 6 heteroatoms. The number of aryl methyl sites for hydroxylation is 1. The third kappa shape index (κ3) is 4.43. The quantitative estimate of drug-likeness (QED) is 0.786. The van der Waals surface area contributed by atoms with Crippen molar-refractivity contribution in [1.82, 2.24) is 9.80 Å². The van der Waals surface area contributed by atoms with E-state index in [1.165, 1.54) is 0 Å². The number of nitrogens with zero attached hydrogens (tertiary/aromatic N) is 2. The zero-order valence-corrected chi connectivity index (χ0v) is 15.6. The van der Waals surface area contributed by atoms with E-state index in [2.05, 4.69) is 11.0 Å². The fourth-order valence-electron chi connectivity index (χ4n) is 3.97. The van der Waals surface area contributed by atoms with Gasteiger partial charge in [-0.25, -0.2) is 0 Å². The molecule has 1 saturated carbocycles. The molecule has 0 N–H and O–H groups in total. The van der Waals surface area contributed by atoms with Gasteiger partial charge in [0.25, 0.3) is 0 Å². The summed E-state index contributed by atoms with van der Waals surface area (Å²) < 4.78 is 17.7. The summed E-state index contributed by atoms with van der Waals surface area (Å²) in [5, 5.41) is 0. The summed E-state index contributed by atoms with van der Waals surface area (Å²) in [5.41, 5.74) is -0.138. The van der Waals surface area contributed by atoms with Gasteiger partial charge >= 0.3 is 0 Å². The number of likely N-dealkylation sites (N-methyl/N-ethyl adjacent to an activating group) is 1. The minimum absolute atomic E-state index is 0.00595. The van der Waals surface area contributed by atoms with Gasteiger partial charge in [-0.15, -0.1) is 0 Å². The van der Waals surface area contributed by atoms with Gasteiger partial charge < -0.3 is 18.8 Å². The van der Waals surface area contributed by atoms with Crippen LogP contribution in [-0.2, 0) is 20.8 Å². The second kappa shape index (κ2) is 7.89. The van der Waals surface area contributed by atoms with Crippen LogP contribution in [0.5, 0.6) is 0 Å². The van der Waals surface area contributed by atoms with Crippen LogP contribution < -0.4 is 0 Å². The van der Waals surface area contributed by atoms with Crippen molar-refractivity contribution in [3.05, 3.63) is 23.7 Å². The Kier molecular flexibility index (Phi) is 5.81. The number of ether oxygens (including phenoxy) is 2. The molecule has 1 aliphatic carbocycles. The number of hydrogen-bond acceptors (Lipinski definition) is 5. The Labute approximate surface area is 150 Å². The smallest absolute Gasteiger partial charge is 0.248 e. The predicted octanol–water partition coefficient (Wildman–Crippen LogP) is 2.06.